The van der Waals surface area contributed by atoms with Crippen molar-refractivity contribution in [1.29, 1.82) is 0 Å². The first kappa shape index (κ1) is 19.2. The fourth-order valence-electron chi connectivity index (χ4n) is 2.81. The first-order valence-electron chi connectivity index (χ1n) is 8.80. The van der Waals surface area contributed by atoms with Gasteiger partial charge in [-0.3, -0.25) is 14.5 Å². The second kappa shape index (κ2) is 9.36. The zero-order chi connectivity index (χ0) is 18.2. The zero-order valence-corrected chi connectivity index (χ0v) is 14.9. The summed E-state index contributed by atoms with van der Waals surface area (Å²) in [6.45, 7) is 7.20. The molecule has 6 nitrogen and oxygen atoms in total. The van der Waals surface area contributed by atoms with E-state index in [-0.39, 0.29) is 24.2 Å². The monoisotopic (exact) mass is 350 g/mol. The summed E-state index contributed by atoms with van der Waals surface area (Å²) in [5.41, 5.74) is 0.604. The van der Waals surface area contributed by atoms with Gasteiger partial charge in [-0.05, 0) is 25.5 Å². The molecule has 0 aromatic heterocycles. The van der Waals surface area contributed by atoms with Crippen molar-refractivity contribution in [3.63, 3.8) is 0 Å². The molecule has 1 fully saturated rings. The highest BCUT2D eigenvalue weighted by Gasteiger charge is 2.22. The van der Waals surface area contributed by atoms with Gasteiger partial charge in [0, 0.05) is 32.7 Å². The Balaban J connectivity index is 1.75. The molecule has 1 aliphatic heterocycles. The molecule has 2 amide bonds. The van der Waals surface area contributed by atoms with E-state index in [1.165, 1.54) is 6.07 Å². The molecule has 2 rings (SSSR count). The fraction of sp³-hybridized carbons (Fsp3) is 0.556. The van der Waals surface area contributed by atoms with E-state index in [0.717, 1.165) is 6.42 Å². The molecule has 138 valence electrons. The molecule has 7 heteroatoms. The van der Waals surface area contributed by atoms with Crippen molar-refractivity contribution in [3.05, 3.63) is 30.1 Å². The van der Waals surface area contributed by atoms with Crippen molar-refractivity contribution in [2.24, 2.45) is 0 Å². The van der Waals surface area contributed by atoms with E-state index in [2.05, 4.69) is 10.6 Å². The SMILES string of the molecule is CCCNC(=O)C(C)NC(=O)CN1CCN(c2ccccc2F)CC1. The van der Waals surface area contributed by atoms with Gasteiger partial charge in [-0.25, -0.2) is 4.39 Å². The summed E-state index contributed by atoms with van der Waals surface area (Å²) < 4.78 is 13.8. The maximum absolute atomic E-state index is 13.8. The van der Waals surface area contributed by atoms with Crippen molar-refractivity contribution in [2.45, 2.75) is 26.3 Å². The van der Waals surface area contributed by atoms with Crippen LogP contribution in [0, 0.1) is 5.82 Å². The number of carbonyl (C=O) groups excluding carboxylic acids is 2. The average molecular weight is 350 g/mol. The van der Waals surface area contributed by atoms with Gasteiger partial charge < -0.3 is 15.5 Å². The third-order valence-corrected chi connectivity index (χ3v) is 4.25. The molecule has 25 heavy (non-hydrogen) atoms. The molecule has 0 saturated carbocycles. The number of piperazine rings is 1. The number of hydrogen-bond donors (Lipinski definition) is 2. The molecular formula is C18H27FN4O2. The van der Waals surface area contributed by atoms with Crippen LogP contribution in [0.5, 0.6) is 0 Å². The van der Waals surface area contributed by atoms with Crippen LogP contribution in [0.2, 0.25) is 0 Å². The minimum absolute atomic E-state index is 0.167. The van der Waals surface area contributed by atoms with E-state index in [9.17, 15) is 14.0 Å². The number of rotatable bonds is 7. The Hall–Kier alpha value is -2.15. The maximum Gasteiger partial charge on any atom is 0.242 e. The number of amides is 2. The third-order valence-electron chi connectivity index (χ3n) is 4.25. The Kier molecular flexibility index (Phi) is 7.18. The predicted octanol–water partition coefficient (Wildman–Crippen LogP) is 0.979. The topological polar surface area (TPSA) is 64.7 Å². The van der Waals surface area contributed by atoms with Crippen LogP contribution >= 0.6 is 0 Å². The lowest BCUT2D eigenvalue weighted by molar-refractivity contribution is -0.129. The maximum atomic E-state index is 13.8. The van der Waals surface area contributed by atoms with Gasteiger partial charge in [0.25, 0.3) is 0 Å². The van der Waals surface area contributed by atoms with Crippen molar-refractivity contribution in [1.82, 2.24) is 15.5 Å². The number of nitrogens with one attached hydrogen (secondary N) is 2. The standard InChI is InChI=1S/C18H27FN4O2/c1-3-8-20-18(25)14(2)21-17(24)13-22-9-11-23(12-10-22)16-7-5-4-6-15(16)19/h4-7,14H,3,8-13H2,1-2H3,(H,20,25)(H,21,24). The summed E-state index contributed by atoms with van der Waals surface area (Å²) in [5, 5.41) is 5.48. The summed E-state index contributed by atoms with van der Waals surface area (Å²) in [6, 6.07) is 6.19. The molecule has 1 saturated heterocycles. The highest BCUT2D eigenvalue weighted by Crippen LogP contribution is 2.19. The van der Waals surface area contributed by atoms with Crippen LogP contribution in [0.25, 0.3) is 0 Å². The summed E-state index contributed by atoms with van der Waals surface area (Å²) in [4.78, 5) is 27.9. The van der Waals surface area contributed by atoms with Crippen LogP contribution in [0.4, 0.5) is 10.1 Å². The second-order valence-electron chi connectivity index (χ2n) is 6.29. The number of para-hydroxylation sites is 1. The fourth-order valence-corrected chi connectivity index (χ4v) is 2.81. The lowest BCUT2D eigenvalue weighted by atomic mass is 10.2. The van der Waals surface area contributed by atoms with Gasteiger partial charge in [0.15, 0.2) is 0 Å². The Labute approximate surface area is 148 Å². The quantitative estimate of drug-likeness (QED) is 0.769. The van der Waals surface area contributed by atoms with E-state index in [4.69, 9.17) is 0 Å². The normalized spacial score (nSPS) is 16.4. The molecule has 2 N–H and O–H groups in total. The van der Waals surface area contributed by atoms with E-state index >= 15 is 0 Å². The van der Waals surface area contributed by atoms with E-state index < -0.39 is 6.04 Å². The minimum Gasteiger partial charge on any atom is -0.367 e. The smallest absolute Gasteiger partial charge is 0.242 e. The van der Waals surface area contributed by atoms with E-state index in [0.29, 0.717) is 38.4 Å². The summed E-state index contributed by atoms with van der Waals surface area (Å²) in [5.74, 6) is -0.557. The molecule has 1 heterocycles. The summed E-state index contributed by atoms with van der Waals surface area (Å²) in [7, 11) is 0. The second-order valence-corrected chi connectivity index (χ2v) is 6.29. The summed E-state index contributed by atoms with van der Waals surface area (Å²) >= 11 is 0. The van der Waals surface area contributed by atoms with Crippen LogP contribution in [-0.4, -0.2) is 62.0 Å². The van der Waals surface area contributed by atoms with Gasteiger partial charge in [-0.2, -0.15) is 0 Å². The van der Waals surface area contributed by atoms with Crippen LogP contribution in [0.15, 0.2) is 24.3 Å². The first-order chi connectivity index (χ1) is 12.0. The number of nitrogens with zero attached hydrogens (tertiary/aromatic N) is 2. The Bertz CT molecular complexity index is 588. The summed E-state index contributed by atoms with van der Waals surface area (Å²) in [6.07, 6.45) is 0.860. The Morgan fingerprint density at radius 2 is 1.88 bits per heavy atom. The Morgan fingerprint density at radius 3 is 2.52 bits per heavy atom. The molecule has 1 unspecified atom stereocenters. The lowest BCUT2D eigenvalue weighted by Gasteiger charge is -2.35. The molecule has 1 aromatic rings. The van der Waals surface area contributed by atoms with E-state index in [1.807, 2.05) is 22.8 Å². The molecule has 1 aliphatic rings. The van der Waals surface area contributed by atoms with Crippen LogP contribution < -0.4 is 15.5 Å². The predicted molar refractivity (Wildman–Crippen MR) is 96.0 cm³/mol. The Morgan fingerprint density at radius 1 is 1.20 bits per heavy atom. The highest BCUT2D eigenvalue weighted by molar-refractivity contribution is 5.87. The first-order valence-corrected chi connectivity index (χ1v) is 8.80. The molecule has 0 spiro atoms. The van der Waals surface area contributed by atoms with Crippen molar-refractivity contribution < 1.29 is 14.0 Å². The molecule has 1 aromatic carbocycles. The largest absolute Gasteiger partial charge is 0.367 e. The van der Waals surface area contributed by atoms with Gasteiger partial charge in [0.2, 0.25) is 11.8 Å². The van der Waals surface area contributed by atoms with Crippen molar-refractivity contribution in [2.75, 3.05) is 44.2 Å². The molecule has 0 aliphatic carbocycles. The molecule has 1 atom stereocenters. The number of benzene rings is 1. The third kappa shape index (κ3) is 5.70. The van der Waals surface area contributed by atoms with Crippen molar-refractivity contribution >= 4 is 17.5 Å². The molecular weight excluding hydrogens is 323 g/mol. The number of halogens is 1. The van der Waals surface area contributed by atoms with Gasteiger partial charge in [-0.1, -0.05) is 19.1 Å². The van der Waals surface area contributed by atoms with Gasteiger partial charge in [0.1, 0.15) is 11.9 Å². The van der Waals surface area contributed by atoms with E-state index in [1.54, 1.807) is 19.1 Å². The number of anilines is 1. The highest BCUT2D eigenvalue weighted by atomic mass is 19.1. The molecule has 0 radical (unpaired) electrons. The van der Waals surface area contributed by atoms with Gasteiger partial charge in [-0.15, -0.1) is 0 Å². The van der Waals surface area contributed by atoms with Gasteiger partial charge >= 0.3 is 0 Å². The van der Waals surface area contributed by atoms with Crippen LogP contribution in [0.3, 0.4) is 0 Å². The van der Waals surface area contributed by atoms with Gasteiger partial charge in [0.05, 0.1) is 12.2 Å². The van der Waals surface area contributed by atoms with Crippen LogP contribution in [0.1, 0.15) is 20.3 Å². The van der Waals surface area contributed by atoms with Crippen molar-refractivity contribution in [3.8, 4) is 0 Å². The van der Waals surface area contributed by atoms with Crippen LogP contribution in [-0.2, 0) is 9.59 Å². The molecule has 0 bridgehead atoms. The zero-order valence-electron chi connectivity index (χ0n) is 14.9. The number of hydrogen-bond acceptors (Lipinski definition) is 4. The minimum atomic E-state index is -0.543. The number of carbonyl (C=O) groups is 2. The average Bonchev–Trinajstić information content (AvgIpc) is 2.60. The lowest BCUT2D eigenvalue weighted by Crippen LogP contribution is -2.52.